The van der Waals surface area contributed by atoms with Gasteiger partial charge < -0.3 is 0 Å². The van der Waals surface area contributed by atoms with Gasteiger partial charge in [-0.2, -0.15) is 0 Å². The second-order valence-corrected chi connectivity index (χ2v) is 17.6. The molecule has 0 aliphatic heterocycles. The zero-order valence-corrected chi connectivity index (χ0v) is 34.1. The van der Waals surface area contributed by atoms with Crippen LogP contribution in [0.3, 0.4) is 0 Å². The van der Waals surface area contributed by atoms with Crippen molar-refractivity contribution in [2.24, 2.45) is 0 Å². The van der Waals surface area contributed by atoms with Crippen molar-refractivity contribution in [2.45, 2.75) is 19.3 Å². The summed E-state index contributed by atoms with van der Waals surface area (Å²) in [5.41, 5.74) is 13.0. The normalized spacial score (nSPS) is 13.2. The summed E-state index contributed by atoms with van der Waals surface area (Å²) in [6, 6.07) is 77.8. The molecule has 0 radical (unpaired) electrons. The lowest BCUT2D eigenvalue weighted by atomic mass is 9.81. The third kappa shape index (κ3) is 4.94. The topological polar surface area (TPSA) is 0 Å². The fraction of sp³-hybridized carbons (Fsp3) is 0.0492. The molecule has 0 aromatic heterocycles. The van der Waals surface area contributed by atoms with Crippen LogP contribution in [0.4, 0.5) is 0 Å². The summed E-state index contributed by atoms with van der Waals surface area (Å²) in [7, 11) is 0. The van der Waals surface area contributed by atoms with E-state index in [0.29, 0.717) is 0 Å². The molecule has 1 aliphatic rings. The fourth-order valence-electron chi connectivity index (χ4n) is 11.1. The van der Waals surface area contributed by atoms with Gasteiger partial charge in [-0.3, -0.25) is 0 Å². The van der Waals surface area contributed by atoms with Gasteiger partial charge in [-0.05, 0) is 167 Å². The van der Waals surface area contributed by atoms with Crippen LogP contribution in [0.15, 0.2) is 206 Å². The molecule has 0 saturated heterocycles. The van der Waals surface area contributed by atoms with Crippen LogP contribution in [-0.2, 0) is 5.41 Å². The van der Waals surface area contributed by atoms with Crippen LogP contribution in [0, 0.1) is 0 Å². The molecular weight excluding hydrogens is 733 g/mol. The van der Waals surface area contributed by atoms with E-state index in [-0.39, 0.29) is 5.41 Å². The standard InChI is InChI=1S/C61H40/c1-61(2)59-26-14-13-25-50(59)51-30-28-38(34-60(51)61)37-27-29-49-52(31-37)58(54-33-40-16-4-6-18-42(40)44-20-8-10-22-46(44)54)36-56-48-24-12-11-23-47(48)55(35-57(49)56)53-32-39-15-3-5-17-41(39)43-19-7-9-21-45(43)53/h3-36H,1-2H3. The van der Waals surface area contributed by atoms with E-state index in [4.69, 9.17) is 0 Å². The minimum Gasteiger partial charge on any atom is -0.0619 e. The molecule has 1 aliphatic carbocycles. The maximum absolute atomic E-state index is 2.51. The van der Waals surface area contributed by atoms with E-state index in [2.05, 4.69) is 220 Å². The smallest absolute Gasteiger partial charge is 0.0159 e. The van der Waals surface area contributed by atoms with Crippen molar-refractivity contribution in [2.75, 3.05) is 0 Å². The molecule has 12 aromatic carbocycles. The number of fused-ring (bicyclic) bond motifs is 14. The van der Waals surface area contributed by atoms with Gasteiger partial charge in [0.15, 0.2) is 0 Å². The third-order valence-corrected chi connectivity index (χ3v) is 14.0. The highest BCUT2D eigenvalue weighted by atomic mass is 14.4. The molecule has 0 N–H and O–H groups in total. The Balaban J connectivity index is 1.14. The number of hydrogen-bond donors (Lipinski definition) is 0. The maximum atomic E-state index is 2.51. The van der Waals surface area contributed by atoms with E-state index in [1.807, 2.05) is 0 Å². The molecule has 0 unspecified atom stereocenters. The first-order chi connectivity index (χ1) is 30.0. The minimum atomic E-state index is -0.0749. The molecule has 0 bridgehead atoms. The predicted octanol–water partition coefficient (Wildman–Crippen LogP) is 17.1. The molecule has 0 saturated carbocycles. The first kappa shape index (κ1) is 34.3. The van der Waals surface area contributed by atoms with Crippen molar-refractivity contribution in [3.05, 3.63) is 217 Å². The van der Waals surface area contributed by atoms with E-state index >= 15 is 0 Å². The van der Waals surface area contributed by atoms with Crippen LogP contribution in [0.25, 0.3) is 120 Å². The van der Waals surface area contributed by atoms with Gasteiger partial charge in [-0.25, -0.2) is 0 Å². The predicted molar refractivity (Wildman–Crippen MR) is 263 cm³/mol. The average molecular weight is 773 g/mol. The molecule has 12 aromatic rings. The second kappa shape index (κ2) is 12.7. The Morgan fingerprint density at radius 3 is 1.21 bits per heavy atom. The van der Waals surface area contributed by atoms with Gasteiger partial charge in [-0.15, -0.1) is 0 Å². The van der Waals surface area contributed by atoms with Crippen LogP contribution in [0.5, 0.6) is 0 Å². The van der Waals surface area contributed by atoms with Crippen molar-refractivity contribution in [1.29, 1.82) is 0 Å². The first-order valence-electron chi connectivity index (χ1n) is 21.5. The summed E-state index contributed by atoms with van der Waals surface area (Å²) in [4.78, 5) is 0. The van der Waals surface area contributed by atoms with Crippen molar-refractivity contribution >= 4 is 75.4 Å². The largest absolute Gasteiger partial charge is 0.0619 e. The zero-order chi connectivity index (χ0) is 40.4. The zero-order valence-electron chi connectivity index (χ0n) is 34.1. The fourth-order valence-corrected chi connectivity index (χ4v) is 11.1. The van der Waals surface area contributed by atoms with E-state index < -0.39 is 0 Å². The molecule has 13 rings (SSSR count). The van der Waals surface area contributed by atoms with Gasteiger partial charge in [0.1, 0.15) is 0 Å². The second-order valence-electron chi connectivity index (χ2n) is 17.6. The minimum absolute atomic E-state index is 0.0749. The van der Waals surface area contributed by atoms with Gasteiger partial charge >= 0.3 is 0 Å². The van der Waals surface area contributed by atoms with Crippen LogP contribution in [0.1, 0.15) is 25.0 Å². The third-order valence-electron chi connectivity index (χ3n) is 14.0. The Bertz CT molecular complexity index is 3840. The van der Waals surface area contributed by atoms with E-state index in [0.717, 1.165) is 0 Å². The first-order valence-corrected chi connectivity index (χ1v) is 21.5. The van der Waals surface area contributed by atoms with Crippen LogP contribution in [-0.4, -0.2) is 0 Å². The number of hydrogen-bond acceptors (Lipinski definition) is 0. The summed E-state index contributed by atoms with van der Waals surface area (Å²) >= 11 is 0. The van der Waals surface area contributed by atoms with Gasteiger partial charge in [-0.1, -0.05) is 184 Å². The van der Waals surface area contributed by atoms with Gasteiger partial charge in [0.2, 0.25) is 0 Å². The van der Waals surface area contributed by atoms with Crippen molar-refractivity contribution in [3.8, 4) is 44.5 Å². The highest BCUT2D eigenvalue weighted by Gasteiger charge is 2.35. The Morgan fingerprint density at radius 2 is 0.623 bits per heavy atom. The monoisotopic (exact) mass is 772 g/mol. The van der Waals surface area contributed by atoms with Gasteiger partial charge in [0.25, 0.3) is 0 Å². The maximum Gasteiger partial charge on any atom is 0.0159 e. The summed E-state index contributed by atoms with van der Waals surface area (Å²) in [6.07, 6.45) is 0. The summed E-state index contributed by atoms with van der Waals surface area (Å²) in [5.74, 6) is 0. The summed E-state index contributed by atoms with van der Waals surface area (Å²) in [6.45, 7) is 4.75. The van der Waals surface area contributed by atoms with Crippen molar-refractivity contribution in [3.63, 3.8) is 0 Å². The van der Waals surface area contributed by atoms with Crippen LogP contribution in [0.2, 0.25) is 0 Å². The summed E-state index contributed by atoms with van der Waals surface area (Å²) < 4.78 is 0. The molecule has 0 heterocycles. The highest BCUT2D eigenvalue weighted by molar-refractivity contribution is 6.27. The molecule has 284 valence electrons. The molecular formula is C61H40. The molecule has 61 heavy (non-hydrogen) atoms. The van der Waals surface area contributed by atoms with Gasteiger partial charge in [0, 0.05) is 5.41 Å². The molecule has 0 nitrogen and oxygen atoms in total. The highest BCUT2D eigenvalue weighted by Crippen LogP contribution is 2.51. The quantitative estimate of drug-likeness (QED) is 0.157. The lowest BCUT2D eigenvalue weighted by Gasteiger charge is -2.22. The Labute approximate surface area is 355 Å². The van der Waals surface area contributed by atoms with E-state index in [1.165, 1.54) is 131 Å². The van der Waals surface area contributed by atoms with Crippen LogP contribution < -0.4 is 0 Å². The van der Waals surface area contributed by atoms with Crippen LogP contribution >= 0.6 is 0 Å². The lowest BCUT2D eigenvalue weighted by molar-refractivity contribution is 0.660. The van der Waals surface area contributed by atoms with E-state index in [1.54, 1.807) is 0 Å². The molecule has 0 atom stereocenters. The average Bonchev–Trinajstić information content (AvgIpc) is 3.55. The Kier molecular flexibility index (Phi) is 7.17. The Hall–Kier alpha value is -7.54. The molecule has 0 amide bonds. The summed E-state index contributed by atoms with van der Waals surface area (Å²) in [5, 5.41) is 17.8. The van der Waals surface area contributed by atoms with E-state index in [9.17, 15) is 0 Å². The number of rotatable bonds is 3. The lowest BCUT2D eigenvalue weighted by Crippen LogP contribution is -2.14. The molecule has 0 fully saturated rings. The SMILES string of the molecule is CC1(C)c2ccccc2-c2ccc(-c3ccc4c(c3)c(-c3cc5ccccc5c5ccccc35)cc3c5ccccc5c(-c5cc6ccccc6c6ccccc56)cc43)cc21. The number of benzene rings is 12. The Morgan fingerprint density at radius 1 is 0.230 bits per heavy atom. The molecule has 0 spiro atoms. The van der Waals surface area contributed by atoms with Crippen molar-refractivity contribution in [1.82, 2.24) is 0 Å². The van der Waals surface area contributed by atoms with Gasteiger partial charge in [0.05, 0.1) is 0 Å². The van der Waals surface area contributed by atoms with Crippen molar-refractivity contribution < 1.29 is 0 Å². The molecule has 0 heteroatoms.